The molecule has 0 unspecified atom stereocenters. The number of anilines is 3. The van der Waals surface area contributed by atoms with Crippen molar-refractivity contribution < 1.29 is 40.7 Å². The Labute approximate surface area is 286 Å². The Bertz CT molecular complexity index is 2130. The molecule has 1 aromatic heterocycles. The molecule has 0 radical (unpaired) electrons. The average Bonchev–Trinajstić information content (AvgIpc) is 3.46. The first-order chi connectivity index (χ1) is 23.0. The average molecular weight is 742 g/mol. The maximum absolute atomic E-state index is 14.7. The molecular weight excluding hydrogens is 716 g/mol. The Morgan fingerprint density at radius 3 is 2.18 bits per heavy atom. The van der Waals surface area contributed by atoms with Crippen molar-refractivity contribution >= 4 is 68.0 Å². The zero-order valence-electron chi connectivity index (χ0n) is 25.6. The van der Waals surface area contributed by atoms with Crippen LogP contribution in [0.2, 0.25) is 10.0 Å². The van der Waals surface area contributed by atoms with E-state index in [0.29, 0.717) is 28.7 Å². The first kappa shape index (κ1) is 35.5. The second-order valence-corrected chi connectivity index (χ2v) is 13.5. The van der Waals surface area contributed by atoms with Crippen LogP contribution in [0.5, 0.6) is 5.75 Å². The number of ether oxygens (including phenoxy) is 1. The Balaban J connectivity index is 0.000000193. The van der Waals surface area contributed by atoms with E-state index in [1.54, 1.807) is 0 Å². The fraction of sp³-hybridized carbons (Fsp3) is 0.300. The topological polar surface area (TPSA) is 153 Å². The summed E-state index contributed by atoms with van der Waals surface area (Å²) in [5.41, 5.74) is -0.279. The Kier molecular flexibility index (Phi) is 9.86. The molecule has 0 saturated carbocycles. The molecule has 2 aromatic carbocycles. The number of nitrogens with zero attached hydrogens (tertiary/aromatic N) is 5. The van der Waals surface area contributed by atoms with Gasteiger partial charge in [0.05, 0.1) is 45.6 Å². The van der Waals surface area contributed by atoms with Crippen LogP contribution >= 0.6 is 23.2 Å². The molecule has 0 fully saturated rings. The van der Waals surface area contributed by atoms with Crippen LogP contribution in [0.15, 0.2) is 40.2 Å². The molecule has 0 atom stereocenters. The van der Waals surface area contributed by atoms with Crippen LogP contribution in [0, 0.1) is 25.1 Å². The quantitative estimate of drug-likeness (QED) is 0.290. The van der Waals surface area contributed by atoms with Gasteiger partial charge in [-0.15, -0.1) is 11.5 Å². The van der Waals surface area contributed by atoms with Gasteiger partial charge in [0.2, 0.25) is 10.0 Å². The van der Waals surface area contributed by atoms with Crippen molar-refractivity contribution in [3.8, 4) is 23.8 Å². The number of imide groups is 1. The highest BCUT2D eigenvalue weighted by atomic mass is 35.5. The number of rotatable bonds is 6. The van der Waals surface area contributed by atoms with Crippen molar-refractivity contribution in [2.24, 2.45) is 0 Å². The van der Waals surface area contributed by atoms with Crippen LogP contribution in [0.3, 0.4) is 0 Å². The summed E-state index contributed by atoms with van der Waals surface area (Å²) in [6, 6.07) is 4.68. The monoisotopic (exact) mass is 740 g/mol. The van der Waals surface area contributed by atoms with Crippen molar-refractivity contribution in [2.45, 2.75) is 39.2 Å². The summed E-state index contributed by atoms with van der Waals surface area (Å²) in [5.74, 6) is 0.178. The van der Waals surface area contributed by atoms with Gasteiger partial charge in [-0.3, -0.25) is 24.0 Å². The molecule has 3 aliphatic rings. The summed E-state index contributed by atoms with van der Waals surface area (Å²) >= 11 is 11.8. The van der Waals surface area contributed by atoms with Gasteiger partial charge in [0.1, 0.15) is 11.6 Å². The number of aromatic nitrogens is 3. The van der Waals surface area contributed by atoms with Crippen LogP contribution < -0.4 is 24.9 Å². The number of sulfonamides is 1. The van der Waals surface area contributed by atoms with Gasteiger partial charge in [-0.05, 0) is 50.8 Å². The Morgan fingerprint density at radius 2 is 1.63 bits per heavy atom. The van der Waals surface area contributed by atoms with E-state index in [9.17, 15) is 40.8 Å². The van der Waals surface area contributed by atoms with E-state index in [-0.39, 0.29) is 68.0 Å². The third-order valence-electron chi connectivity index (χ3n) is 7.59. The lowest BCUT2D eigenvalue weighted by Crippen LogP contribution is -2.39. The highest BCUT2D eigenvalue weighted by Gasteiger charge is 2.41. The zero-order chi connectivity index (χ0) is 35.9. The van der Waals surface area contributed by atoms with E-state index < -0.39 is 39.9 Å². The summed E-state index contributed by atoms with van der Waals surface area (Å²) in [6.45, 7) is -2.11. The first-order valence-electron chi connectivity index (χ1n) is 14.3. The molecule has 49 heavy (non-hydrogen) atoms. The molecule has 3 heterocycles. The summed E-state index contributed by atoms with van der Waals surface area (Å²) in [4.78, 5) is 51.6. The van der Waals surface area contributed by atoms with Crippen molar-refractivity contribution in [3.05, 3.63) is 67.6 Å². The molecule has 3 amide bonds. The van der Waals surface area contributed by atoms with Crippen molar-refractivity contribution in [2.75, 3.05) is 33.9 Å². The van der Waals surface area contributed by atoms with Gasteiger partial charge in [-0.2, -0.15) is 13.5 Å². The van der Waals surface area contributed by atoms with Crippen LogP contribution in [0.25, 0.3) is 5.69 Å². The summed E-state index contributed by atoms with van der Waals surface area (Å²) < 4.78 is 71.2. The number of hydrogen-bond donors (Lipinski definition) is 1. The number of alkyl halides is 2. The van der Waals surface area contributed by atoms with Gasteiger partial charge in [-0.1, -0.05) is 29.1 Å². The van der Waals surface area contributed by atoms with Gasteiger partial charge in [0.15, 0.2) is 12.4 Å². The molecule has 0 saturated heterocycles. The minimum atomic E-state index is -3.65. The summed E-state index contributed by atoms with van der Waals surface area (Å²) in [6.07, 6.45) is 8.91. The van der Waals surface area contributed by atoms with Crippen molar-refractivity contribution in [1.82, 2.24) is 14.3 Å². The molecule has 0 spiro atoms. The molecule has 6 rings (SSSR count). The lowest BCUT2D eigenvalue weighted by atomic mass is 9.93. The SMILES string of the molecule is C#CCN1C(=O)COc2cc(F)c(N3C(=O)C4=C(CCCC4)C3=O)cc21.Cc1nn(-c2cc(NS(C)(=O)=O)c(Cl)cc2Cl)c(=O)n1C(F)F. The second-order valence-electron chi connectivity index (χ2n) is 10.9. The Morgan fingerprint density at radius 1 is 1.00 bits per heavy atom. The molecule has 13 nitrogen and oxygen atoms in total. The molecule has 258 valence electrons. The van der Waals surface area contributed by atoms with Crippen molar-refractivity contribution in [1.29, 1.82) is 0 Å². The molecule has 0 bridgehead atoms. The molecule has 19 heteroatoms. The standard InChI is InChI=1S/C19H15FN2O4.C11H10Cl2F2N4O3S/c1-2-7-21-15-9-14(13(20)8-16(15)26-10-17(21)23)22-18(24)11-5-3-4-6-12(11)19(22)25;1-5-16-19(11(20)18(5)10(14)15)9-4-8(17-23(2,21)22)6(12)3-7(9)13/h1,8-9H,3-7,10H2;3-4,10,17H,1-2H3. The van der Waals surface area contributed by atoms with Crippen molar-refractivity contribution in [3.63, 3.8) is 0 Å². The van der Waals surface area contributed by atoms with Gasteiger partial charge in [-0.25, -0.2) is 27.1 Å². The van der Waals surface area contributed by atoms with Gasteiger partial charge in [0.25, 0.3) is 17.7 Å². The number of benzene rings is 2. The minimum absolute atomic E-state index is 0.0170. The number of terminal acetylenes is 1. The summed E-state index contributed by atoms with van der Waals surface area (Å²) in [7, 11) is -3.65. The maximum atomic E-state index is 14.7. The summed E-state index contributed by atoms with van der Waals surface area (Å²) in [5, 5.41) is 3.63. The molecule has 2 aliphatic heterocycles. The van der Waals surface area contributed by atoms with Crippen LogP contribution in [0.4, 0.5) is 30.2 Å². The van der Waals surface area contributed by atoms with E-state index in [4.69, 9.17) is 34.4 Å². The predicted molar refractivity (Wildman–Crippen MR) is 173 cm³/mol. The smallest absolute Gasteiger partial charge is 0.355 e. The normalized spacial score (nSPS) is 15.9. The first-order valence-corrected chi connectivity index (χ1v) is 16.9. The molecule has 1 N–H and O–H groups in total. The van der Waals surface area contributed by atoms with Gasteiger partial charge < -0.3 is 4.74 Å². The molecule has 3 aromatic rings. The maximum Gasteiger partial charge on any atom is 0.355 e. The predicted octanol–water partition coefficient (Wildman–Crippen LogP) is 4.34. The number of carbonyl (C=O) groups is 3. The van der Waals surface area contributed by atoms with Crippen LogP contribution in [-0.2, 0) is 24.4 Å². The number of fused-ring (bicyclic) bond motifs is 1. The number of amides is 3. The number of nitrogens with one attached hydrogen (secondary N) is 1. The lowest BCUT2D eigenvalue weighted by molar-refractivity contribution is -0.121. The zero-order valence-corrected chi connectivity index (χ0v) is 27.9. The van der Waals surface area contributed by atoms with E-state index in [0.717, 1.165) is 36.1 Å². The molecular formula is C30H25Cl2F3N6O7S. The highest BCUT2D eigenvalue weighted by Crippen LogP contribution is 2.42. The number of hydrogen-bond acceptors (Lipinski definition) is 8. The second kappa shape index (κ2) is 13.6. The van der Waals surface area contributed by atoms with Gasteiger partial charge in [0, 0.05) is 17.2 Å². The number of carbonyl (C=O) groups excluding carboxylic acids is 3. The number of aryl methyl sites for hydroxylation is 1. The van der Waals surface area contributed by atoms with E-state index >= 15 is 0 Å². The highest BCUT2D eigenvalue weighted by molar-refractivity contribution is 7.92. The minimum Gasteiger partial charge on any atom is -0.481 e. The number of halogens is 5. The fourth-order valence-corrected chi connectivity index (χ4v) is 6.58. The van der Waals surface area contributed by atoms with E-state index in [2.05, 4.69) is 15.7 Å². The fourth-order valence-electron chi connectivity index (χ4n) is 5.44. The van der Waals surface area contributed by atoms with E-state index in [1.165, 1.54) is 24.0 Å². The van der Waals surface area contributed by atoms with Gasteiger partial charge >= 0.3 is 12.2 Å². The third-order valence-corrected chi connectivity index (χ3v) is 8.79. The van der Waals surface area contributed by atoms with Crippen LogP contribution in [0.1, 0.15) is 38.1 Å². The van der Waals surface area contributed by atoms with Crippen LogP contribution in [-0.4, -0.2) is 59.9 Å². The third kappa shape index (κ3) is 6.89. The van der Waals surface area contributed by atoms with E-state index in [1.807, 2.05) is 0 Å². The lowest BCUT2D eigenvalue weighted by Gasteiger charge is -2.29. The largest absolute Gasteiger partial charge is 0.481 e. The molecule has 1 aliphatic carbocycles. The Hall–Kier alpha value is -4.79.